The topological polar surface area (TPSA) is 46.5 Å². The second-order valence-corrected chi connectivity index (χ2v) is 3.68. The Morgan fingerprint density at radius 3 is 2.36 bits per heavy atom. The normalized spacial score (nSPS) is 35.5. The van der Waals surface area contributed by atoms with Gasteiger partial charge in [-0.15, -0.1) is 0 Å². The molecule has 0 aliphatic carbocycles. The summed E-state index contributed by atoms with van der Waals surface area (Å²) in [5.74, 6) is -0.522. The van der Waals surface area contributed by atoms with Crippen molar-refractivity contribution in [1.29, 1.82) is 0 Å². The number of ether oxygens (including phenoxy) is 1. The van der Waals surface area contributed by atoms with Gasteiger partial charge in [0.25, 0.3) is 0 Å². The average molecular weight is 158 g/mol. The number of aliphatic carboxylic acids is 1. The maximum Gasteiger partial charge on any atom is 0.332 e. The van der Waals surface area contributed by atoms with Gasteiger partial charge < -0.3 is 9.84 Å². The van der Waals surface area contributed by atoms with E-state index >= 15 is 0 Å². The SMILES string of the molecule is CC1C[C@@H](C(=O)O)OC1(C)C. The Hall–Kier alpha value is -0.570. The first-order chi connectivity index (χ1) is 4.93. The molecular weight excluding hydrogens is 144 g/mol. The molecule has 0 aromatic heterocycles. The average Bonchev–Trinajstić information content (AvgIpc) is 2.08. The van der Waals surface area contributed by atoms with E-state index in [0.29, 0.717) is 12.3 Å². The van der Waals surface area contributed by atoms with Crippen LogP contribution in [0.1, 0.15) is 27.2 Å². The number of rotatable bonds is 1. The third kappa shape index (κ3) is 1.53. The maximum atomic E-state index is 10.5. The molecule has 1 aliphatic rings. The zero-order valence-electron chi connectivity index (χ0n) is 7.13. The summed E-state index contributed by atoms with van der Waals surface area (Å²) in [5.41, 5.74) is -0.275. The van der Waals surface area contributed by atoms with E-state index in [1.54, 1.807) is 0 Å². The van der Waals surface area contributed by atoms with E-state index in [2.05, 4.69) is 0 Å². The number of hydrogen-bond acceptors (Lipinski definition) is 2. The monoisotopic (exact) mass is 158 g/mol. The van der Waals surface area contributed by atoms with Gasteiger partial charge in [-0.25, -0.2) is 4.79 Å². The molecule has 1 saturated heterocycles. The van der Waals surface area contributed by atoms with E-state index in [9.17, 15) is 4.79 Å². The molecule has 0 amide bonds. The highest BCUT2D eigenvalue weighted by atomic mass is 16.5. The van der Waals surface area contributed by atoms with Crippen LogP contribution in [-0.4, -0.2) is 22.8 Å². The van der Waals surface area contributed by atoms with Gasteiger partial charge in [0.2, 0.25) is 0 Å². The van der Waals surface area contributed by atoms with E-state index in [4.69, 9.17) is 9.84 Å². The van der Waals surface area contributed by atoms with E-state index in [1.165, 1.54) is 0 Å². The smallest absolute Gasteiger partial charge is 0.332 e. The minimum atomic E-state index is -0.845. The maximum absolute atomic E-state index is 10.5. The quantitative estimate of drug-likeness (QED) is 0.625. The fraction of sp³-hybridized carbons (Fsp3) is 0.875. The van der Waals surface area contributed by atoms with Crippen molar-refractivity contribution in [3.8, 4) is 0 Å². The molecule has 0 saturated carbocycles. The van der Waals surface area contributed by atoms with Crippen molar-refractivity contribution in [3.63, 3.8) is 0 Å². The molecule has 64 valence electrons. The second kappa shape index (κ2) is 2.48. The zero-order valence-corrected chi connectivity index (χ0v) is 7.13. The molecule has 1 aliphatic heterocycles. The molecule has 0 bridgehead atoms. The standard InChI is InChI=1S/C8H14O3/c1-5-4-6(7(9)10)11-8(5,2)3/h5-6H,4H2,1-3H3,(H,9,10)/t5?,6-/m0/s1. The van der Waals surface area contributed by atoms with Gasteiger partial charge in [-0.05, 0) is 26.2 Å². The number of carboxylic acids is 1. The van der Waals surface area contributed by atoms with Crippen LogP contribution < -0.4 is 0 Å². The van der Waals surface area contributed by atoms with E-state index in [0.717, 1.165) is 0 Å². The number of carboxylic acid groups (broad SMARTS) is 1. The Labute approximate surface area is 66.4 Å². The Morgan fingerprint density at radius 2 is 2.18 bits per heavy atom. The van der Waals surface area contributed by atoms with Crippen LogP contribution in [0.2, 0.25) is 0 Å². The molecule has 2 atom stereocenters. The molecule has 0 radical (unpaired) electrons. The summed E-state index contributed by atoms with van der Waals surface area (Å²) >= 11 is 0. The van der Waals surface area contributed by atoms with Gasteiger partial charge in [-0.3, -0.25) is 0 Å². The second-order valence-electron chi connectivity index (χ2n) is 3.68. The van der Waals surface area contributed by atoms with Crippen molar-refractivity contribution in [2.45, 2.75) is 38.9 Å². The van der Waals surface area contributed by atoms with Crippen molar-refractivity contribution in [1.82, 2.24) is 0 Å². The minimum Gasteiger partial charge on any atom is -0.479 e. The highest BCUT2D eigenvalue weighted by Gasteiger charge is 2.41. The molecule has 1 rings (SSSR count). The van der Waals surface area contributed by atoms with Gasteiger partial charge in [0.1, 0.15) is 0 Å². The third-order valence-electron chi connectivity index (χ3n) is 2.48. The summed E-state index contributed by atoms with van der Waals surface area (Å²) < 4.78 is 5.32. The summed E-state index contributed by atoms with van der Waals surface area (Å²) in [4.78, 5) is 10.5. The van der Waals surface area contributed by atoms with Crippen LogP contribution in [0, 0.1) is 5.92 Å². The van der Waals surface area contributed by atoms with Crippen molar-refractivity contribution in [3.05, 3.63) is 0 Å². The molecule has 1 unspecified atom stereocenters. The highest BCUT2D eigenvalue weighted by Crippen LogP contribution is 2.35. The third-order valence-corrected chi connectivity index (χ3v) is 2.48. The lowest BCUT2D eigenvalue weighted by Gasteiger charge is -2.22. The molecule has 1 heterocycles. The molecule has 3 heteroatoms. The Balaban J connectivity index is 2.64. The lowest BCUT2D eigenvalue weighted by Crippen LogP contribution is -2.27. The largest absolute Gasteiger partial charge is 0.479 e. The fourth-order valence-corrected chi connectivity index (χ4v) is 1.29. The van der Waals surface area contributed by atoms with Gasteiger partial charge in [0, 0.05) is 0 Å². The highest BCUT2D eigenvalue weighted by molar-refractivity contribution is 5.72. The van der Waals surface area contributed by atoms with Crippen LogP contribution in [0.3, 0.4) is 0 Å². The van der Waals surface area contributed by atoms with Crippen molar-refractivity contribution in [2.24, 2.45) is 5.92 Å². The van der Waals surface area contributed by atoms with Crippen molar-refractivity contribution >= 4 is 5.97 Å². The first kappa shape index (κ1) is 8.53. The van der Waals surface area contributed by atoms with E-state index < -0.39 is 12.1 Å². The Bertz CT molecular complexity index is 174. The lowest BCUT2D eigenvalue weighted by molar-refractivity contribution is -0.153. The fourth-order valence-electron chi connectivity index (χ4n) is 1.29. The first-order valence-electron chi connectivity index (χ1n) is 3.84. The van der Waals surface area contributed by atoms with Crippen LogP contribution in [0.15, 0.2) is 0 Å². The van der Waals surface area contributed by atoms with E-state index in [1.807, 2.05) is 20.8 Å². The molecule has 3 nitrogen and oxygen atoms in total. The molecular formula is C8H14O3. The summed E-state index contributed by atoms with van der Waals surface area (Å²) in [6, 6.07) is 0. The Kier molecular flexibility index (Phi) is 1.92. The lowest BCUT2D eigenvalue weighted by atomic mass is 9.92. The minimum absolute atomic E-state index is 0.275. The predicted octanol–water partition coefficient (Wildman–Crippen LogP) is 1.27. The summed E-state index contributed by atoms with van der Waals surface area (Å²) in [7, 11) is 0. The van der Waals surface area contributed by atoms with Gasteiger partial charge in [-0.1, -0.05) is 6.92 Å². The van der Waals surface area contributed by atoms with Gasteiger partial charge >= 0.3 is 5.97 Å². The van der Waals surface area contributed by atoms with Crippen LogP contribution in [0.5, 0.6) is 0 Å². The molecule has 0 aromatic carbocycles. The molecule has 0 aromatic rings. The van der Waals surface area contributed by atoms with Crippen molar-refractivity contribution < 1.29 is 14.6 Å². The first-order valence-corrected chi connectivity index (χ1v) is 3.84. The predicted molar refractivity (Wildman–Crippen MR) is 40.4 cm³/mol. The van der Waals surface area contributed by atoms with Gasteiger partial charge in [0.15, 0.2) is 6.10 Å². The summed E-state index contributed by atoms with van der Waals surface area (Å²) in [6.07, 6.45) is 0.0301. The van der Waals surface area contributed by atoms with Crippen LogP contribution in [0.4, 0.5) is 0 Å². The zero-order chi connectivity index (χ0) is 8.65. The van der Waals surface area contributed by atoms with Gasteiger partial charge in [-0.2, -0.15) is 0 Å². The van der Waals surface area contributed by atoms with Crippen LogP contribution in [0.25, 0.3) is 0 Å². The number of carbonyl (C=O) groups is 1. The molecule has 1 N–H and O–H groups in total. The molecule has 1 fully saturated rings. The molecule has 11 heavy (non-hydrogen) atoms. The number of hydrogen-bond donors (Lipinski definition) is 1. The van der Waals surface area contributed by atoms with Crippen LogP contribution in [-0.2, 0) is 9.53 Å². The van der Waals surface area contributed by atoms with Crippen LogP contribution >= 0.6 is 0 Å². The van der Waals surface area contributed by atoms with Gasteiger partial charge in [0.05, 0.1) is 5.60 Å². The van der Waals surface area contributed by atoms with Crippen molar-refractivity contribution in [2.75, 3.05) is 0 Å². The van der Waals surface area contributed by atoms with E-state index in [-0.39, 0.29) is 5.60 Å². The summed E-state index contributed by atoms with van der Waals surface area (Å²) in [6.45, 7) is 5.88. The summed E-state index contributed by atoms with van der Waals surface area (Å²) in [5, 5.41) is 8.64. The molecule has 0 spiro atoms. The Morgan fingerprint density at radius 1 is 1.64 bits per heavy atom.